The van der Waals surface area contributed by atoms with Crippen LogP contribution in [-0.4, -0.2) is 31.3 Å². The van der Waals surface area contributed by atoms with Crippen LogP contribution in [0.5, 0.6) is 0 Å². The summed E-state index contributed by atoms with van der Waals surface area (Å²) in [5, 5.41) is 19.0. The third kappa shape index (κ3) is 0.956. The highest BCUT2D eigenvalue weighted by Crippen LogP contribution is 2.30. The predicted molar refractivity (Wildman–Crippen MR) is 37.7 cm³/mol. The molecule has 1 aliphatic carbocycles. The first-order valence-electron chi connectivity index (χ1n) is 3.80. The van der Waals surface area contributed by atoms with Gasteiger partial charge in [-0.05, 0) is 29.7 Å². The lowest BCUT2D eigenvalue weighted by Gasteiger charge is -2.24. The summed E-state index contributed by atoms with van der Waals surface area (Å²) in [5.74, 6) is -1.12. The lowest BCUT2D eigenvalue weighted by Crippen LogP contribution is -2.22. The summed E-state index contributed by atoms with van der Waals surface area (Å²) < 4.78 is 1.39. The number of carboxylic acids is 1. The number of aromatic nitrogens is 4. The Kier molecular flexibility index (Phi) is 1.53. The molecule has 0 unspecified atom stereocenters. The van der Waals surface area contributed by atoms with Crippen LogP contribution in [0, 0.1) is 0 Å². The van der Waals surface area contributed by atoms with Gasteiger partial charge in [0.05, 0.1) is 6.04 Å². The molecule has 0 bridgehead atoms. The Morgan fingerprint density at radius 2 is 2.33 bits per heavy atom. The fourth-order valence-corrected chi connectivity index (χ4v) is 1.21. The lowest BCUT2D eigenvalue weighted by molar-refractivity contribution is 0.0668. The topological polar surface area (TPSA) is 80.9 Å². The van der Waals surface area contributed by atoms with Crippen molar-refractivity contribution in [1.29, 1.82) is 0 Å². The van der Waals surface area contributed by atoms with E-state index in [-0.39, 0.29) is 11.9 Å². The molecule has 0 aliphatic heterocycles. The van der Waals surface area contributed by atoms with Crippen LogP contribution in [0.3, 0.4) is 0 Å². The van der Waals surface area contributed by atoms with Gasteiger partial charge in [0.2, 0.25) is 0 Å². The molecule has 2 rings (SSSR count). The van der Waals surface area contributed by atoms with Gasteiger partial charge in [-0.25, -0.2) is 9.48 Å². The van der Waals surface area contributed by atoms with Crippen LogP contribution in [0.1, 0.15) is 35.9 Å². The first-order chi connectivity index (χ1) is 5.79. The third-order valence-corrected chi connectivity index (χ3v) is 2.10. The smallest absolute Gasteiger partial charge is 0.375 e. The van der Waals surface area contributed by atoms with Crippen LogP contribution in [-0.2, 0) is 0 Å². The van der Waals surface area contributed by atoms with Crippen LogP contribution in [0.25, 0.3) is 0 Å². The molecule has 0 aromatic carbocycles. The zero-order chi connectivity index (χ0) is 8.55. The molecular formula is C6H8N4O2. The molecule has 1 aromatic rings. The van der Waals surface area contributed by atoms with Crippen LogP contribution in [0.2, 0.25) is 0 Å². The monoisotopic (exact) mass is 168 g/mol. The number of nitrogens with zero attached hydrogens (tertiary/aromatic N) is 4. The van der Waals surface area contributed by atoms with Crippen LogP contribution >= 0.6 is 0 Å². The van der Waals surface area contributed by atoms with E-state index in [4.69, 9.17) is 5.11 Å². The molecule has 1 aromatic heterocycles. The highest BCUT2D eigenvalue weighted by atomic mass is 16.4. The Morgan fingerprint density at radius 1 is 1.58 bits per heavy atom. The molecule has 6 heteroatoms. The number of carboxylic acid groups (broad SMARTS) is 1. The van der Waals surface area contributed by atoms with Gasteiger partial charge in [-0.3, -0.25) is 0 Å². The number of carbonyl (C=O) groups is 1. The molecule has 1 heterocycles. The molecule has 0 atom stereocenters. The summed E-state index contributed by atoms with van der Waals surface area (Å²) in [4.78, 5) is 10.6. The van der Waals surface area contributed by atoms with Crippen molar-refractivity contribution in [2.75, 3.05) is 0 Å². The largest absolute Gasteiger partial charge is 0.475 e. The minimum atomic E-state index is -1.06. The second kappa shape index (κ2) is 2.54. The van der Waals surface area contributed by atoms with E-state index in [9.17, 15) is 4.79 Å². The standard InChI is InChI=1S/C6H8N4O2/c11-6(12)5-7-8-9-10(5)4-2-1-3-4/h4H,1-3H2,(H,11,12). The SMILES string of the molecule is O=C(O)c1nnnn1C1CCC1. The van der Waals surface area contributed by atoms with Gasteiger partial charge in [0, 0.05) is 0 Å². The maximum atomic E-state index is 10.6. The van der Waals surface area contributed by atoms with E-state index in [1.54, 1.807) is 0 Å². The number of hydrogen-bond donors (Lipinski definition) is 1. The van der Waals surface area contributed by atoms with Crippen LogP contribution in [0.15, 0.2) is 0 Å². The van der Waals surface area contributed by atoms with Crippen molar-refractivity contribution in [2.45, 2.75) is 25.3 Å². The minimum absolute atomic E-state index is 0.0558. The zero-order valence-electron chi connectivity index (χ0n) is 6.34. The third-order valence-electron chi connectivity index (χ3n) is 2.10. The molecule has 0 spiro atoms. The second-order valence-corrected chi connectivity index (χ2v) is 2.84. The summed E-state index contributed by atoms with van der Waals surface area (Å²) in [6, 6.07) is 0.200. The molecule has 1 saturated carbocycles. The molecule has 0 radical (unpaired) electrons. The van der Waals surface area contributed by atoms with E-state index < -0.39 is 5.97 Å². The zero-order valence-corrected chi connectivity index (χ0v) is 6.34. The second-order valence-electron chi connectivity index (χ2n) is 2.84. The molecular weight excluding hydrogens is 160 g/mol. The molecule has 1 fully saturated rings. The summed E-state index contributed by atoms with van der Waals surface area (Å²) in [5.41, 5.74) is 0. The van der Waals surface area contributed by atoms with Gasteiger partial charge in [0.15, 0.2) is 0 Å². The number of tetrazole rings is 1. The highest BCUT2D eigenvalue weighted by Gasteiger charge is 2.26. The van der Waals surface area contributed by atoms with Gasteiger partial charge in [-0.15, -0.1) is 5.10 Å². The first kappa shape index (κ1) is 7.20. The Bertz CT molecular complexity index is 304. The van der Waals surface area contributed by atoms with Crippen molar-refractivity contribution in [3.05, 3.63) is 5.82 Å². The van der Waals surface area contributed by atoms with Gasteiger partial charge in [-0.1, -0.05) is 0 Å². The van der Waals surface area contributed by atoms with Crippen molar-refractivity contribution in [3.63, 3.8) is 0 Å². The highest BCUT2D eigenvalue weighted by molar-refractivity contribution is 5.83. The molecule has 1 aliphatic rings. The van der Waals surface area contributed by atoms with Gasteiger partial charge in [0.25, 0.3) is 5.82 Å². The average Bonchev–Trinajstić information content (AvgIpc) is 2.31. The van der Waals surface area contributed by atoms with Crippen molar-refractivity contribution in [1.82, 2.24) is 20.2 Å². The van der Waals surface area contributed by atoms with Crippen LogP contribution < -0.4 is 0 Å². The first-order valence-corrected chi connectivity index (χ1v) is 3.80. The minimum Gasteiger partial charge on any atom is -0.475 e. The summed E-state index contributed by atoms with van der Waals surface area (Å²) in [6.45, 7) is 0. The Hall–Kier alpha value is -1.46. The number of rotatable bonds is 2. The maximum Gasteiger partial charge on any atom is 0.375 e. The number of hydrogen-bond acceptors (Lipinski definition) is 4. The van der Waals surface area contributed by atoms with E-state index in [2.05, 4.69) is 15.5 Å². The Labute approximate surface area is 68.2 Å². The molecule has 6 nitrogen and oxygen atoms in total. The van der Waals surface area contributed by atoms with Gasteiger partial charge < -0.3 is 5.11 Å². The fourth-order valence-electron chi connectivity index (χ4n) is 1.21. The molecule has 0 saturated heterocycles. The normalized spacial score (nSPS) is 17.3. The van der Waals surface area contributed by atoms with Crippen molar-refractivity contribution >= 4 is 5.97 Å². The van der Waals surface area contributed by atoms with E-state index in [0.717, 1.165) is 19.3 Å². The Balaban J connectivity index is 2.29. The van der Waals surface area contributed by atoms with Crippen LogP contribution in [0.4, 0.5) is 0 Å². The molecule has 0 amide bonds. The molecule has 1 N–H and O–H groups in total. The van der Waals surface area contributed by atoms with Gasteiger partial charge in [-0.2, -0.15) is 0 Å². The Morgan fingerprint density at radius 3 is 2.83 bits per heavy atom. The van der Waals surface area contributed by atoms with Crippen molar-refractivity contribution in [3.8, 4) is 0 Å². The van der Waals surface area contributed by atoms with E-state index in [1.165, 1.54) is 4.68 Å². The van der Waals surface area contributed by atoms with E-state index >= 15 is 0 Å². The predicted octanol–water partition coefficient (Wildman–Crippen LogP) is 0.0963. The average molecular weight is 168 g/mol. The van der Waals surface area contributed by atoms with Gasteiger partial charge >= 0.3 is 5.97 Å². The fraction of sp³-hybridized carbons (Fsp3) is 0.667. The summed E-state index contributed by atoms with van der Waals surface area (Å²) >= 11 is 0. The van der Waals surface area contributed by atoms with Gasteiger partial charge in [0.1, 0.15) is 0 Å². The summed E-state index contributed by atoms with van der Waals surface area (Å²) in [6.07, 6.45) is 3.08. The van der Waals surface area contributed by atoms with Crippen molar-refractivity contribution in [2.24, 2.45) is 0 Å². The number of aromatic carboxylic acids is 1. The lowest BCUT2D eigenvalue weighted by atomic mass is 9.93. The summed E-state index contributed by atoms with van der Waals surface area (Å²) in [7, 11) is 0. The van der Waals surface area contributed by atoms with E-state index in [1.807, 2.05) is 0 Å². The molecule has 64 valence electrons. The van der Waals surface area contributed by atoms with E-state index in [0.29, 0.717) is 0 Å². The van der Waals surface area contributed by atoms with Crippen molar-refractivity contribution < 1.29 is 9.90 Å². The molecule has 12 heavy (non-hydrogen) atoms. The maximum absolute atomic E-state index is 10.6. The quantitative estimate of drug-likeness (QED) is 0.677.